The predicted molar refractivity (Wildman–Crippen MR) is 183 cm³/mol. The molecule has 0 bridgehead atoms. The second-order valence-corrected chi connectivity index (χ2v) is 13.9. The van der Waals surface area contributed by atoms with Crippen molar-refractivity contribution in [3.05, 3.63) is 90.1 Å². The van der Waals surface area contributed by atoms with Crippen LogP contribution in [0, 0.1) is 10.8 Å². The molecular weight excluding hydrogens is 596 g/mol. The predicted octanol–water partition coefficient (Wildman–Crippen LogP) is 3.81. The third-order valence-corrected chi connectivity index (χ3v) is 7.85. The molecule has 1 aromatic heterocycles. The zero-order valence-corrected chi connectivity index (χ0v) is 28.5. The molecule has 4 atom stereocenters. The molecule has 6 N–H and O–H groups in total. The summed E-state index contributed by atoms with van der Waals surface area (Å²) in [6, 6.07) is 20.5. The Morgan fingerprint density at radius 2 is 1.49 bits per heavy atom. The molecular formula is C36H50N6O5. The number of alkyl carbamates (subject to hydrolysis) is 1. The topological polar surface area (TPSA) is 159 Å². The lowest BCUT2D eigenvalue weighted by molar-refractivity contribution is -0.132. The summed E-state index contributed by atoms with van der Waals surface area (Å²) in [5.74, 6) is -0.869. The number of nitrogens with zero attached hydrogens (tertiary/aromatic N) is 2. The number of pyridine rings is 1. The van der Waals surface area contributed by atoms with Crippen LogP contribution in [0.4, 0.5) is 4.79 Å². The van der Waals surface area contributed by atoms with E-state index in [4.69, 9.17) is 10.5 Å². The van der Waals surface area contributed by atoms with E-state index in [0.29, 0.717) is 6.42 Å². The minimum atomic E-state index is -1.12. The normalized spacial score (nSPS) is 14.4. The summed E-state index contributed by atoms with van der Waals surface area (Å²) in [4.78, 5) is 43.5. The number of aromatic nitrogens is 1. The molecule has 3 amide bonds. The van der Waals surface area contributed by atoms with Crippen LogP contribution in [0.5, 0.6) is 0 Å². The third-order valence-electron chi connectivity index (χ3n) is 7.85. The average Bonchev–Trinajstić information content (AvgIpc) is 3.02. The number of ether oxygens (including phenoxy) is 1. The maximum atomic E-state index is 13.7. The SMILES string of the molecule is COC(=O)N[C@@H](C(=O)NN(Cc1ccc(-c2ccccn2)cc1)C[C@H](O)[C@H](Cc1ccccc1)NC(=O)C(N)C(C)(C)C)C(C)(C)C. The molecule has 0 aliphatic rings. The molecule has 0 saturated heterocycles. The molecule has 3 rings (SSSR count). The fraction of sp³-hybridized carbons (Fsp3) is 0.444. The van der Waals surface area contributed by atoms with E-state index in [-0.39, 0.29) is 19.0 Å². The molecule has 11 nitrogen and oxygen atoms in total. The minimum Gasteiger partial charge on any atom is -0.453 e. The van der Waals surface area contributed by atoms with Crippen LogP contribution in [0.25, 0.3) is 11.3 Å². The molecule has 3 aromatic rings. The van der Waals surface area contributed by atoms with Crippen LogP contribution in [0.3, 0.4) is 0 Å². The Bertz CT molecular complexity index is 1440. The second-order valence-electron chi connectivity index (χ2n) is 13.9. The van der Waals surface area contributed by atoms with Crippen LogP contribution < -0.4 is 21.8 Å². The molecule has 2 aromatic carbocycles. The lowest BCUT2D eigenvalue weighted by Crippen LogP contribution is -2.60. The number of aliphatic hydroxyl groups is 1. The molecule has 0 aliphatic carbocycles. The van der Waals surface area contributed by atoms with Gasteiger partial charge < -0.3 is 26.2 Å². The fourth-order valence-corrected chi connectivity index (χ4v) is 4.93. The number of carbonyl (C=O) groups is 3. The molecule has 1 unspecified atom stereocenters. The highest BCUT2D eigenvalue weighted by Crippen LogP contribution is 2.22. The summed E-state index contributed by atoms with van der Waals surface area (Å²) < 4.78 is 4.77. The van der Waals surface area contributed by atoms with Crippen molar-refractivity contribution < 1.29 is 24.2 Å². The first-order chi connectivity index (χ1) is 22.1. The monoisotopic (exact) mass is 646 g/mol. The largest absolute Gasteiger partial charge is 0.453 e. The van der Waals surface area contributed by atoms with Gasteiger partial charge in [-0.15, -0.1) is 0 Å². The van der Waals surface area contributed by atoms with Crippen LogP contribution in [0.1, 0.15) is 52.7 Å². The average molecular weight is 647 g/mol. The molecule has 0 fully saturated rings. The number of carbonyl (C=O) groups excluding carboxylic acids is 3. The Morgan fingerprint density at radius 1 is 0.851 bits per heavy atom. The molecule has 47 heavy (non-hydrogen) atoms. The van der Waals surface area contributed by atoms with E-state index in [9.17, 15) is 19.5 Å². The number of hydrazine groups is 1. The van der Waals surface area contributed by atoms with Gasteiger partial charge in [-0.1, -0.05) is 102 Å². The molecule has 1 heterocycles. The van der Waals surface area contributed by atoms with Crippen LogP contribution in [-0.2, 0) is 27.3 Å². The summed E-state index contributed by atoms with van der Waals surface area (Å²) in [6.45, 7) is 11.3. The van der Waals surface area contributed by atoms with Gasteiger partial charge in [0.2, 0.25) is 5.91 Å². The number of amides is 3. The number of hydrogen-bond acceptors (Lipinski definition) is 8. The molecule has 0 saturated carbocycles. The van der Waals surface area contributed by atoms with Crippen molar-refractivity contribution in [3.63, 3.8) is 0 Å². The lowest BCUT2D eigenvalue weighted by Gasteiger charge is -2.35. The van der Waals surface area contributed by atoms with E-state index in [0.717, 1.165) is 22.4 Å². The molecule has 0 spiro atoms. The van der Waals surface area contributed by atoms with Gasteiger partial charge in [0.05, 0.1) is 31.0 Å². The van der Waals surface area contributed by atoms with Gasteiger partial charge in [-0.05, 0) is 40.5 Å². The Hall–Kier alpha value is -4.32. The van der Waals surface area contributed by atoms with Crippen molar-refractivity contribution in [2.45, 2.75) is 78.7 Å². The first-order valence-corrected chi connectivity index (χ1v) is 15.8. The highest BCUT2D eigenvalue weighted by Gasteiger charge is 2.35. The van der Waals surface area contributed by atoms with Crippen LogP contribution in [0.15, 0.2) is 79.0 Å². The van der Waals surface area contributed by atoms with Gasteiger partial charge in [0, 0.05) is 24.8 Å². The van der Waals surface area contributed by atoms with E-state index in [1.807, 2.05) is 114 Å². The van der Waals surface area contributed by atoms with E-state index in [1.54, 1.807) is 11.2 Å². The Morgan fingerprint density at radius 3 is 2.04 bits per heavy atom. The van der Waals surface area contributed by atoms with E-state index >= 15 is 0 Å². The first-order valence-electron chi connectivity index (χ1n) is 15.8. The third kappa shape index (κ3) is 11.5. The van der Waals surface area contributed by atoms with E-state index < -0.39 is 47.1 Å². The standard InChI is InChI=1S/C36H50N6O5/c1-35(2,3)30(37)32(44)39-28(21-24-13-9-8-10-14-24)29(43)23-42(41-33(45)31(36(4,5)6)40-34(46)47-7)22-25-16-18-26(19-17-25)27-15-11-12-20-38-27/h8-20,28-31,43H,21-23,37H2,1-7H3,(H,39,44)(H,40,46)(H,41,45)/t28-,29-,30?,31-/m0/s1. The van der Waals surface area contributed by atoms with E-state index in [1.165, 1.54) is 7.11 Å². The number of aliphatic hydroxyl groups excluding tert-OH is 1. The van der Waals surface area contributed by atoms with Crippen molar-refractivity contribution >= 4 is 17.9 Å². The minimum absolute atomic E-state index is 0.0502. The van der Waals surface area contributed by atoms with Gasteiger partial charge in [0.1, 0.15) is 6.04 Å². The molecule has 0 radical (unpaired) electrons. The molecule has 0 aliphatic heterocycles. The highest BCUT2D eigenvalue weighted by atomic mass is 16.5. The van der Waals surface area contributed by atoms with Crippen LogP contribution in [0.2, 0.25) is 0 Å². The summed E-state index contributed by atoms with van der Waals surface area (Å²) >= 11 is 0. The number of nitrogens with one attached hydrogen (secondary N) is 3. The number of methoxy groups -OCH3 is 1. The Balaban J connectivity index is 1.91. The number of nitrogens with two attached hydrogens (primary N) is 1. The smallest absolute Gasteiger partial charge is 0.407 e. The lowest BCUT2D eigenvalue weighted by atomic mass is 9.86. The Labute approximate surface area is 278 Å². The zero-order chi connectivity index (χ0) is 34.8. The quantitative estimate of drug-likeness (QED) is 0.175. The van der Waals surface area contributed by atoms with Crippen molar-refractivity contribution in [2.24, 2.45) is 16.6 Å². The zero-order valence-electron chi connectivity index (χ0n) is 28.5. The van der Waals surface area contributed by atoms with Crippen molar-refractivity contribution in [3.8, 4) is 11.3 Å². The summed E-state index contributed by atoms with van der Waals surface area (Å²) in [5.41, 5.74) is 11.5. The van der Waals surface area contributed by atoms with Gasteiger partial charge >= 0.3 is 6.09 Å². The maximum Gasteiger partial charge on any atom is 0.407 e. The first kappa shape index (κ1) is 37.1. The van der Waals surface area contributed by atoms with Gasteiger partial charge in [0.25, 0.3) is 5.91 Å². The second kappa shape index (κ2) is 16.5. The fourth-order valence-electron chi connectivity index (χ4n) is 4.93. The highest BCUT2D eigenvalue weighted by molar-refractivity contribution is 5.86. The number of benzene rings is 2. The summed E-state index contributed by atoms with van der Waals surface area (Å²) in [6.07, 6.45) is 0.202. The Kier molecular flexibility index (Phi) is 13.0. The molecule has 254 valence electrons. The summed E-state index contributed by atoms with van der Waals surface area (Å²) in [7, 11) is 1.23. The number of hydrogen-bond donors (Lipinski definition) is 5. The molecule has 11 heteroatoms. The van der Waals surface area contributed by atoms with Gasteiger partial charge in [-0.25, -0.2) is 9.80 Å². The maximum absolute atomic E-state index is 13.7. The van der Waals surface area contributed by atoms with Crippen LogP contribution >= 0.6 is 0 Å². The van der Waals surface area contributed by atoms with Gasteiger partial charge in [0.15, 0.2) is 0 Å². The van der Waals surface area contributed by atoms with Gasteiger partial charge in [-0.3, -0.25) is 20.0 Å². The van der Waals surface area contributed by atoms with Crippen molar-refractivity contribution in [2.75, 3.05) is 13.7 Å². The van der Waals surface area contributed by atoms with Crippen LogP contribution in [-0.4, -0.2) is 70.9 Å². The van der Waals surface area contributed by atoms with E-state index in [2.05, 4.69) is 21.0 Å². The summed E-state index contributed by atoms with van der Waals surface area (Å²) in [5, 5.41) is 18.9. The number of rotatable bonds is 13. The van der Waals surface area contributed by atoms with Gasteiger partial charge in [-0.2, -0.15) is 0 Å². The van der Waals surface area contributed by atoms with Crippen molar-refractivity contribution in [1.29, 1.82) is 0 Å². The van der Waals surface area contributed by atoms with Crippen molar-refractivity contribution in [1.82, 2.24) is 26.1 Å².